The standard InChI is InChI=1S/C13H24N2O/c1-2-12(14)7-13(16)15(8-10-3-4-10)9-11-5-6-11/h10-12H,2-9,14H2,1H3. The summed E-state index contributed by atoms with van der Waals surface area (Å²) in [5.74, 6) is 1.87. The van der Waals surface area contributed by atoms with E-state index in [1.54, 1.807) is 0 Å². The molecule has 0 spiro atoms. The van der Waals surface area contributed by atoms with Crippen molar-refractivity contribution in [1.29, 1.82) is 0 Å². The largest absolute Gasteiger partial charge is 0.342 e. The fourth-order valence-electron chi connectivity index (χ4n) is 2.00. The van der Waals surface area contributed by atoms with Crippen molar-refractivity contribution in [2.75, 3.05) is 13.1 Å². The average molecular weight is 224 g/mol. The van der Waals surface area contributed by atoms with Gasteiger partial charge in [-0.2, -0.15) is 0 Å². The van der Waals surface area contributed by atoms with Crippen LogP contribution >= 0.6 is 0 Å². The first kappa shape index (κ1) is 11.9. The Kier molecular flexibility index (Phi) is 3.85. The molecule has 0 radical (unpaired) electrons. The normalized spacial score (nSPS) is 21.9. The summed E-state index contributed by atoms with van der Waals surface area (Å²) in [6.45, 7) is 4.03. The molecular formula is C13H24N2O. The van der Waals surface area contributed by atoms with Crippen molar-refractivity contribution in [3.05, 3.63) is 0 Å². The number of hydrogen-bond acceptors (Lipinski definition) is 2. The predicted molar refractivity (Wildman–Crippen MR) is 64.9 cm³/mol. The molecule has 0 bridgehead atoms. The molecule has 2 saturated carbocycles. The van der Waals surface area contributed by atoms with E-state index >= 15 is 0 Å². The van der Waals surface area contributed by atoms with Crippen molar-refractivity contribution in [2.24, 2.45) is 17.6 Å². The zero-order chi connectivity index (χ0) is 11.5. The topological polar surface area (TPSA) is 46.3 Å². The maximum absolute atomic E-state index is 12.1. The Hall–Kier alpha value is -0.570. The SMILES string of the molecule is CCC(N)CC(=O)N(CC1CC1)CC1CC1. The maximum atomic E-state index is 12.1. The summed E-state index contributed by atoms with van der Waals surface area (Å²) < 4.78 is 0. The van der Waals surface area contributed by atoms with Crippen LogP contribution in [0.4, 0.5) is 0 Å². The molecule has 0 aromatic carbocycles. The van der Waals surface area contributed by atoms with Gasteiger partial charge in [-0.1, -0.05) is 6.92 Å². The molecule has 2 aliphatic rings. The number of carbonyl (C=O) groups is 1. The minimum absolute atomic E-state index is 0.0495. The summed E-state index contributed by atoms with van der Waals surface area (Å²) in [5.41, 5.74) is 5.86. The van der Waals surface area contributed by atoms with Crippen LogP contribution in [-0.2, 0) is 4.79 Å². The van der Waals surface area contributed by atoms with Gasteiger partial charge in [-0.05, 0) is 43.9 Å². The average Bonchev–Trinajstić information content (AvgIpc) is 3.10. The van der Waals surface area contributed by atoms with Crippen LogP contribution < -0.4 is 5.73 Å². The van der Waals surface area contributed by atoms with Gasteiger partial charge in [0.25, 0.3) is 0 Å². The Morgan fingerprint density at radius 2 is 1.75 bits per heavy atom. The highest BCUT2D eigenvalue weighted by Gasteiger charge is 2.31. The molecule has 1 amide bonds. The van der Waals surface area contributed by atoms with E-state index in [9.17, 15) is 4.79 Å². The molecule has 1 unspecified atom stereocenters. The molecule has 2 aliphatic carbocycles. The molecular weight excluding hydrogens is 200 g/mol. The number of amides is 1. The summed E-state index contributed by atoms with van der Waals surface area (Å²) in [6.07, 6.45) is 6.69. The molecule has 2 N–H and O–H groups in total. The molecule has 2 rings (SSSR count). The van der Waals surface area contributed by atoms with Crippen molar-refractivity contribution >= 4 is 5.91 Å². The molecule has 1 atom stereocenters. The van der Waals surface area contributed by atoms with Crippen molar-refractivity contribution in [1.82, 2.24) is 4.90 Å². The highest BCUT2D eigenvalue weighted by Crippen LogP contribution is 2.33. The van der Waals surface area contributed by atoms with Crippen LogP contribution in [0.25, 0.3) is 0 Å². The minimum atomic E-state index is 0.0495. The van der Waals surface area contributed by atoms with Crippen LogP contribution in [-0.4, -0.2) is 29.9 Å². The number of nitrogens with zero attached hydrogens (tertiary/aromatic N) is 1. The zero-order valence-corrected chi connectivity index (χ0v) is 10.3. The van der Waals surface area contributed by atoms with Crippen LogP contribution in [0.5, 0.6) is 0 Å². The van der Waals surface area contributed by atoms with Crippen molar-refractivity contribution in [2.45, 2.75) is 51.5 Å². The van der Waals surface area contributed by atoms with E-state index in [4.69, 9.17) is 5.73 Å². The quantitative estimate of drug-likeness (QED) is 0.716. The van der Waals surface area contributed by atoms with Crippen molar-refractivity contribution in [3.8, 4) is 0 Å². The van der Waals surface area contributed by atoms with Gasteiger partial charge < -0.3 is 10.6 Å². The van der Waals surface area contributed by atoms with Gasteiger partial charge in [-0.3, -0.25) is 4.79 Å². The zero-order valence-electron chi connectivity index (χ0n) is 10.3. The van der Waals surface area contributed by atoms with Crippen LogP contribution in [0, 0.1) is 11.8 Å². The Morgan fingerprint density at radius 1 is 1.25 bits per heavy atom. The third kappa shape index (κ3) is 3.78. The second kappa shape index (κ2) is 5.17. The first-order valence-electron chi connectivity index (χ1n) is 6.72. The van der Waals surface area contributed by atoms with Crippen LogP contribution in [0.2, 0.25) is 0 Å². The van der Waals surface area contributed by atoms with Gasteiger partial charge in [0.1, 0.15) is 0 Å². The van der Waals surface area contributed by atoms with Gasteiger partial charge in [0.15, 0.2) is 0 Å². The van der Waals surface area contributed by atoms with Crippen LogP contribution in [0.3, 0.4) is 0 Å². The third-order valence-electron chi connectivity index (χ3n) is 3.66. The van der Waals surface area contributed by atoms with E-state index in [2.05, 4.69) is 4.90 Å². The number of carbonyl (C=O) groups excluding carboxylic acids is 1. The molecule has 0 aromatic rings. The number of hydrogen-bond donors (Lipinski definition) is 1. The highest BCUT2D eigenvalue weighted by atomic mass is 16.2. The van der Waals surface area contributed by atoms with E-state index in [1.165, 1.54) is 25.7 Å². The molecule has 0 heterocycles. The molecule has 0 saturated heterocycles. The van der Waals surface area contributed by atoms with Gasteiger partial charge in [-0.15, -0.1) is 0 Å². The van der Waals surface area contributed by atoms with E-state index in [0.717, 1.165) is 31.3 Å². The van der Waals surface area contributed by atoms with Gasteiger partial charge in [0.05, 0.1) is 0 Å². The highest BCUT2D eigenvalue weighted by molar-refractivity contribution is 5.76. The van der Waals surface area contributed by atoms with Crippen molar-refractivity contribution in [3.63, 3.8) is 0 Å². The molecule has 0 aliphatic heterocycles. The van der Waals surface area contributed by atoms with E-state index in [-0.39, 0.29) is 11.9 Å². The monoisotopic (exact) mass is 224 g/mol. The minimum Gasteiger partial charge on any atom is -0.342 e. The molecule has 0 aromatic heterocycles. The molecule has 16 heavy (non-hydrogen) atoms. The van der Waals surface area contributed by atoms with E-state index < -0.39 is 0 Å². The van der Waals surface area contributed by atoms with Gasteiger partial charge in [0, 0.05) is 25.6 Å². The van der Waals surface area contributed by atoms with E-state index in [0.29, 0.717) is 6.42 Å². The van der Waals surface area contributed by atoms with Gasteiger partial charge in [-0.25, -0.2) is 0 Å². The predicted octanol–water partition coefficient (Wildman–Crippen LogP) is 1.76. The third-order valence-corrected chi connectivity index (χ3v) is 3.66. The van der Waals surface area contributed by atoms with Crippen LogP contribution in [0.1, 0.15) is 45.4 Å². The summed E-state index contributed by atoms with van der Waals surface area (Å²) >= 11 is 0. The number of nitrogens with two attached hydrogens (primary N) is 1. The molecule has 92 valence electrons. The lowest BCUT2D eigenvalue weighted by molar-refractivity contribution is -0.132. The first-order valence-corrected chi connectivity index (χ1v) is 6.72. The van der Waals surface area contributed by atoms with Crippen molar-refractivity contribution < 1.29 is 4.79 Å². The summed E-state index contributed by atoms with van der Waals surface area (Å²) in [4.78, 5) is 14.2. The lowest BCUT2D eigenvalue weighted by atomic mass is 10.1. The Morgan fingerprint density at radius 3 is 2.12 bits per heavy atom. The lowest BCUT2D eigenvalue weighted by Crippen LogP contribution is -2.38. The fourth-order valence-corrected chi connectivity index (χ4v) is 2.00. The molecule has 3 heteroatoms. The van der Waals surface area contributed by atoms with Gasteiger partial charge in [0.2, 0.25) is 5.91 Å². The lowest BCUT2D eigenvalue weighted by Gasteiger charge is -2.24. The summed E-state index contributed by atoms with van der Waals surface area (Å²) in [6, 6.07) is 0.0495. The second-order valence-corrected chi connectivity index (χ2v) is 5.56. The fraction of sp³-hybridized carbons (Fsp3) is 0.923. The summed E-state index contributed by atoms with van der Waals surface area (Å²) in [5, 5.41) is 0. The second-order valence-electron chi connectivity index (χ2n) is 5.56. The smallest absolute Gasteiger partial charge is 0.224 e. The van der Waals surface area contributed by atoms with Crippen LogP contribution in [0.15, 0.2) is 0 Å². The maximum Gasteiger partial charge on any atom is 0.224 e. The Balaban J connectivity index is 1.79. The van der Waals surface area contributed by atoms with Gasteiger partial charge >= 0.3 is 0 Å². The molecule has 2 fully saturated rings. The molecule has 3 nitrogen and oxygen atoms in total. The first-order chi connectivity index (χ1) is 7.69. The summed E-state index contributed by atoms with van der Waals surface area (Å²) in [7, 11) is 0. The van der Waals surface area contributed by atoms with E-state index in [1.807, 2.05) is 6.92 Å². The number of rotatable bonds is 7. The Labute approximate surface area is 98.4 Å². The Bertz CT molecular complexity index is 232.